The van der Waals surface area contributed by atoms with Gasteiger partial charge in [0.1, 0.15) is 6.54 Å². The van der Waals surface area contributed by atoms with E-state index >= 15 is 0 Å². The fourth-order valence-corrected chi connectivity index (χ4v) is 2.18. The van der Waals surface area contributed by atoms with Crippen molar-refractivity contribution in [1.29, 1.82) is 0 Å². The van der Waals surface area contributed by atoms with E-state index in [9.17, 15) is 4.79 Å². The standard InChI is InChI=1S/C17H32N6O/c1-6-7-9-18-17(20-13-16(24)22(4)5)19-10-8-11-23-15(3)12-14(2)21-23/h12H,6-11,13H2,1-5H3,(H2,18,19,20). The predicted octanol–water partition coefficient (Wildman–Crippen LogP) is 1.31. The zero-order valence-electron chi connectivity index (χ0n) is 15.7. The van der Waals surface area contributed by atoms with Crippen LogP contribution in [-0.2, 0) is 11.3 Å². The zero-order chi connectivity index (χ0) is 17.9. The van der Waals surface area contributed by atoms with E-state index in [2.05, 4.69) is 40.6 Å². The van der Waals surface area contributed by atoms with Crippen molar-refractivity contribution in [2.45, 2.75) is 46.6 Å². The van der Waals surface area contributed by atoms with E-state index < -0.39 is 0 Å². The molecule has 1 heterocycles. The van der Waals surface area contributed by atoms with Crippen LogP contribution in [0.25, 0.3) is 0 Å². The minimum Gasteiger partial charge on any atom is -0.356 e. The Morgan fingerprint density at radius 3 is 2.46 bits per heavy atom. The number of likely N-dealkylation sites (N-methyl/N-ethyl adjacent to an activating group) is 1. The largest absolute Gasteiger partial charge is 0.356 e. The molecule has 0 saturated carbocycles. The van der Waals surface area contributed by atoms with Crippen molar-refractivity contribution in [2.24, 2.45) is 4.99 Å². The monoisotopic (exact) mass is 336 g/mol. The van der Waals surface area contributed by atoms with Gasteiger partial charge in [-0.3, -0.25) is 9.48 Å². The van der Waals surface area contributed by atoms with Crippen LogP contribution in [0.3, 0.4) is 0 Å². The highest BCUT2D eigenvalue weighted by Gasteiger charge is 2.05. The van der Waals surface area contributed by atoms with Crippen LogP contribution in [0.5, 0.6) is 0 Å². The number of carbonyl (C=O) groups is 1. The van der Waals surface area contributed by atoms with Crippen molar-refractivity contribution in [2.75, 3.05) is 33.7 Å². The quantitative estimate of drug-likeness (QED) is 0.405. The van der Waals surface area contributed by atoms with Crippen LogP contribution >= 0.6 is 0 Å². The third-order valence-corrected chi connectivity index (χ3v) is 3.64. The first kappa shape index (κ1) is 20.0. The highest BCUT2D eigenvalue weighted by molar-refractivity contribution is 5.84. The first-order chi connectivity index (χ1) is 11.4. The summed E-state index contributed by atoms with van der Waals surface area (Å²) in [4.78, 5) is 17.6. The summed E-state index contributed by atoms with van der Waals surface area (Å²) in [6.07, 6.45) is 3.14. The Balaban J connectivity index is 2.44. The molecule has 0 fully saturated rings. The molecule has 0 spiro atoms. The van der Waals surface area contributed by atoms with Gasteiger partial charge in [-0.1, -0.05) is 13.3 Å². The smallest absolute Gasteiger partial charge is 0.243 e. The molecule has 0 bridgehead atoms. The van der Waals surface area contributed by atoms with Crippen LogP contribution in [0.2, 0.25) is 0 Å². The Morgan fingerprint density at radius 2 is 1.92 bits per heavy atom. The van der Waals surface area contributed by atoms with Gasteiger partial charge >= 0.3 is 0 Å². The Bertz CT molecular complexity index is 535. The van der Waals surface area contributed by atoms with Crippen LogP contribution in [0.4, 0.5) is 0 Å². The molecule has 0 saturated heterocycles. The highest BCUT2D eigenvalue weighted by Crippen LogP contribution is 2.02. The van der Waals surface area contributed by atoms with Gasteiger partial charge in [-0.05, 0) is 32.8 Å². The number of hydrogen-bond acceptors (Lipinski definition) is 3. The van der Waals surface area contributed by atoms with Crippen molar-refractivity contribution in [3.8, 4) is 0 Å². The summed E-state index contributed by atoms with van der Waals surface area (Å²) in [5.74, 6) is 0.696. The third kappa shape index (κ3) is 7.48. The lowest BCUT2D eigenvalue weighted by Crippen LogP contribution is -2.39. The van der Waals surface area contributed by atoms with Gasteiger partial charge in [0.15, 0.2) is 5.96 Å². The van der Waals surface area contributed by atoms with Gasteiger partial charge < -0.3 is 15.5 Å². The number of nitrogens with zero attached hydrogens (tertiary/aromatic N) is 4. The van der Waals surface area contributed by atoms with Gasteiger partial charge in [0.2, 0.25) is 5.91 Å². The zero-order valence-corrected chi connectivity index (χ0v) is 15.7. The van der Waals surface area contributed by atoms with E-state index in [0.717, 1.165) is 44.6 Å². The molecular weight excluding hydrogens is 304 g/mol. The van der Waals surface area contributed by atoms with Gasteiger partial charge in [0.05, 0.1) is 5.69 Å². The SMILES string of the molecule is CCCCNC(=NCC(=O)N(C)C)NCCCn1nc(C)cc1C. The van der Waals surface area contributed by atoms with Crippen molar-refractivity contribution in [3.05, 3.63) is 17.5 Å². The average molecular weight is 336 g/mol. The highest BCUT2D eigenvalue weighted by atomic mass is 16.2. The molecule has 136 valence electrons. The Hall–Kier alpha value is -2.05. The van der Waals surface area contributed by atoms with E-state index in [1.807, 2.05) is 11.6 Å². The minimum absolute atomic E-state index is 0.00534. The lowest BCUT2D eigenvalue weighted by molar-refractivity contribution is -0.127. The Morgan fingerprint density at radius 1 is 1.25 bits per heavy atom. The van der Waals surface area contributed by atoms with Crippen molar-refractivity contribution < 1.29 is 4.79 Å². The first-order valence-electron chi connectivity index (χ1n) is 8.67. The van der Waals surface area contributed by atoms with Gasteiger partial charge in [-0.15, -0.1) is 0 Å². The Kier molecular flexibility index (Phi) is 8.89. The van der Waals surface area contributed by atoms with Gasteiger partial charge in [-0.2, -0.15) is 5.10 Å². The molecule has 0 aromatic carbocycles. The number of hydrogen-bond donors (Lipinski definition) is 2. The maximum absolute atomic E-state index is 11.7. The summed E-state index contributed by atoms with van der Waals surface area (Å²) in [6.45, 7) is 8.89. The van der Waals surface area contributed by atoms with Crippen molar-refractivity contribution in [3.63, 3.8) is 0 Å². The number of nitrogens with one attached hydrogen (secondary N) is 2. The molecule has 1 rings (SSSR count). The molecule has 1 amide bonds. The van der Waals surface area contributed by atoms with E-state index in [1.54, 1.807) is 19.0 Å². The summed E-state index contributed by atoms with van der Waals surface area (Å²) in [5, 5.41) is 11.0. The van der Waals surface area contributed by atoms with Crippen LogP contribution in [0, 0.1) is 13.8 Å². The molecule has 1 aromatic rings. The lowest BCUT2D eigenvalue weighted by atomic mass is 10.3. The molecule has 0 unspecified atom stereocenters. The van der Waals surface area contributed by atoms with E-state index in [-0.39, 0.29) is 12.5 Å². The van der Waals surface area contributed by atoms with E-state index in [0.29, 0.717) is 5.96 Å². The van der Waals surface area contributed by atoms with E-state index in [4.69, 9.17) is 0 Å². The van der Waals surface area contributed by atoms with Gasteiger partial charge in [0.25, 0.3) is 0 Å². The molecule has 1 aromatic heterocycles. The van der Waals surface area contributed by atoms with Crippen LogP contribution < -0.4 is 10.6 Å². The number of carbonyl (C=O) groups excluding carboxylic acids is 1. The second-order valence-corrected chi connectivity index (χ2v) is 6.16. The predicted molar refractivity (Wildman–Crippen MR) is 98.2 cm³/mol. The maximum atomic E-state index is 11.7. The van der Waals surface area contributed by atoms with Crippen LogP contribution in [0.15, 0.2) is 11.1 Å². The number of rotatable bonds is 9. The fourth-order valence-electron chi connectivity index (χ4n) is 2.18. The fraction of sp³-hybridized carbons (Fsp3) is 0.706. The minimum atomic E-state index is -0.00534. The summed E-state index contributed by atoms with van der Waals surface area (Å²) < 4.78 is 2.02. The third-order valence-electron chi connectivity index (χ3n) is 3.64. The topological polar surface area (TPSA) is 74.6 Å². The molecule has 0 radical (unpaired) electrons. The van der Waals surface area contributed by atoms with Gasteiger partial charge in [-0.25, -0.2) is 4.99 Å². The molecule has 0 atom stereocenters. The number of aliphatic imine (C=N–C) groups is 1. The maximum Gasteiger partial charge on any atom is 0.243 e. The van der Waals surface area contributed by atoms with Crippen molar-refractivity contribution in [1.82, 2.24) is 25.3 Å². The summed E-state index contributed by atoms with van der Waals surface area (Å²) >= 11 is 0. The second-order valence-electron chi connectivity index (χ2n) is 6.16. The second kappa shape index (κ2) is 10.7. The molecule has 0 aliphatic rings. The molecule has 24 heavy (non-hydrogen) atoms. The lowest BCUT2D eigenvalue weighted by Gasteiger charge is -2.14. The van der Waals surface area contributed by atoms with Crippen LogP contribution in [0.1, 0.15) is 37.6 Å². The molecule has 0 aliphatic carbocycles. The van der Waals surface area contributed by atoms with Crippen LogP contribution in [-0.4, -0.2) is 60.3 Å². The number of aryl methyl sites for hydroxylation is 3. The average Bonchev–Trinajstić information content (AvgIpc) is 2.85. The molecule has 7 heteroatoms. The van der Waals surface area contributed by atoms with E-state index in [1.165, 1.54) is 5.69 Å². The number of unbranched alkanes of at least 4 members (excludes halogenated alkanes) is 1. The van der Waals surface area contributed by atoms with Gasteiger partial charge in [0, 0.05) is 39.4 Å². The number of guanidine groups is 1. The normalized spacial score (nSPS) is 11.5. The molecule has 0 aliphatic heterocycles. The molecule has 7 nitrogen and oxygen atoms in total. The molecule has 2 N–H and O–H groups in total. The molecular formula is C17H32N6O. The Labute approximate surface area is 145 Å². The summed E-state index contributed by atoms with van der Waals surface area (Å²) in [5.41, 5.74) is 2.23. The van der Waals surface area contributed by atoms with Crippen molar-refractivity contribution >= 4 is 11.9 Å². The first-order valence-corrected chi connectivity index (χ1v) is 8.67. The summed E-state index contributed by atoms with van der Waals surface area (Å²) in [6, 6.07) is 2.08. The summed E-state index contributed by atoms with van der Waals surface area (Å²) in [7, 11) is 3.48. The number of aromatic nitrogens is 2. The number of amides is 1.